The van der Waals surface area contributed by atoms with E-state index >= 15 is 0 Å². The SMILES string of the molecule is COc1ccc2[nH]cc(/C(C#N)=C/c3cncc(CO)c3)c2c1. The Morgan fingerprint density at radius 3 is 3.00 bits per heavy atom. The summed E-state index contributed by atoms with van der Waals surface area (Å²) in [5.74, 6) is 0.736. The van der Waals surface area contributed by atoms with Crippen LogP contribution >= 0.6 is 0 Å². The number of nitriles is 1. The smallest absolute Gasteiger partial charge is 0.119 e. The van der Waals surface area contributed by atoms with Crippen molar-refractivity contribution in [3.63, 3.8) is 0 Å². The zero-order valence-electron chi connectivity index (χ0n) is 12.6. The van der Waals surface area contributed by atoms with Crippen LogP contribution in [0, 0.1) is 11.3 Å². The lowest BCUT2D eigenvalue weighted by Gasteiger charge is -2.02. The van der Waals surface area contributed by atoms with E-state index in [0.717, 1.165) is 27.8 Å². The van der Waals surface area contributed by atoms with Gasteiger partial charge in [0.15, 0.2) is 0 Å². The molecular weight excluding hydrogens is 290 g/mol. The molecule has 0 saturated heterocycles. The van der Waals surface area contributed by atoms with Gasteiger partial charge in [-0.15, -0.1) is 0 Å². The first-order valence-corrected chi connectivity index (χ1v) is 7.07. The molecule has 2 N–H and O–H groups in total. The lowest BCUT2D eigenvalue weighted by molar-refractivity contribution is 0.281. The maximum atomic E-state index is 9.54. The van der Waals surface area contributed by atoms with Crippen LogP contribution < -0.4 is 4.74 Å². The molecule has 0 radical (unpaired) electrons. The summed E-state index contributed by atoms with van der Waals surface area (Å²) in [6.07, 6.45) is 6.82. The predicted molar refractivity (Wildman–Crippen MR) is 88.5 cm³/mol. The molecule has 2 aromatic heterocycles. The van der Waals surface area contributed by atoms with E-state index in [2.05, 4.69) is 16.0 Å². The minimum Gasteiger partial charge on any atom is -0.497 e. The molecule has 3 rings (SSSR count). The lowest BCUT2D eigenvalue weighted by Crippen LogP contribution is -1.87. The first kappa shape index (κ1) is 14.8. The van der Waals surface area contributed by atoms with Crippen molar-refractivity contribution in [3.05, 3.63) is 59.5 Å². The molecule has 0 amide bonds. The zero-order valence-corrected chi connectivity index (χ0v) is 12.6. The van der Waals surface area contributed by atoms with Crippen molar-refractivity contribution in [2.75, 3.05) is 7.11 Å². The third-order valence-electron chi connectivity index (χ3n) is 3.61. The summed E-state index contributed by atoms with van der Waals surface area (Å²) in [7, 11) is 1.61. The van der Waals surface area contributed by atoms with Gasteiger partial charge in [-0.2, -0.15) is 5.26 Å². The highest BCUT2D eigenvalue weighted by atomic mass is 16.5. The van der Waals surface area contributed by atoms with Crippen molar-refractivity contribution in [1.29, 1.82) is 5.26 Å². The van der Waals surface area contributed by atoms with Crippen LogP contribution in [0.5, 0.6) is 5.75 Å². The van der Waals surface area contributed by atoms with Gasteiger partial charge in [0.25, 0.3) is 0 Å². The number of ether oxygens (including phenoxy) is 1. The van der Waals surface area contributed by atoms with E-state index in [4.69, 9.17) is 4.74 Å². The molecule has 0 saturated carbocycles. The molecule has 114 valence electrons. The highest BCUT2D eigenvalue weighted by molar-refractivity contribution is 6.01. The van der Waals surface area contributed by atoms with Gasteiger partial charge in [-0.05, 0) is 41.5 Å². The maximum Gasteiger partial charge on any atom is 0.119 e. The second kappa shape index (κ2) is 6.34. The van der Waals surface area contributed by atoms with Gasteiger partial charge in [-0.1, -0.05) is 0 Å². The van der Waals surface area contributed by atoms with Crippen molar-refractivity contribution < 1.29 is 9.84 Å². The molecule has 5 nitrogen and oxygen atoms in total. The number of H-pyrrole nitrogens is 1. The molecule has 23 heavy (non-hydrogen) atoms. The average molecular weight is 305 g/mol. The number of aliphatic hydroxyl groups excluding tert-OH is 1. The van der Waals surface area contributed by atoms with Gasteiger partial charge in [0.2, 0.25) is 0 Å². The van der Waals surface area contributed by atoms with E-state index in [1.807, 2.05) is 24.4 Å². The molecule has 0 aliphatic heterocycles. The number of aromatic amines is 1. The number of hydrogen-bond acceptors (Lipinski definition) is 4. The summed E-state index contributed by atoms with van der Waals surface area (Å²) in [4.78, 5) is 7.23. The fourth-order valence-corrected chi connectivity index (χ4v) is 2.46. The number of fused-ring (bicyclic) bond motifs is 1. The van der Waals surface area contributed by atoms with Crippen molar-refractivity contribution in [2.45, 2.75) is 6.61 Å². The van der Waals surface area contributed by atoms with Gasteiger partial charge in [0.05, 0.1) is 25.4 Å². The summed E-state index contributed by atoms with van der Waals surface area (Å²) in [5, 5.41) is 19.6. The molecule has 0 fully saturated rings. The van der Waals surface area contributed by atoms with Crippen LogP contribution in [-0.2, 0) is 6.61 Å². The topological polar surface area (TPSA) is 81.9 Å². The van der Waals surface area contributed by atoms with E-state index in [9.17, 15) is 10.4 Å². The lowest BCUT2D eigenvalue weighted by atomic mass is 10.0. The number of aromatic nitrogens is 2. The Morgan fingerprint density at radius 1 is 1.39 bits per heavy atom. The number of benzene rings is 1. The number of allylic oxidation sites excluding steroid dienone is 1. The minimum absolute atomic E-state index is 0.0825. The predicted octanol–water partition coefficient (Wildman–Crippen LogP) is 3.13. The summed E-state index contributed by atoms with van der Waals surface area (Å²) in [6, 6.07) is 9.72. The van der Waals surface area contributed by atoms with Crippen molar-refractivity contribution in [1.82, 2.24) is 9.97 Å². The number of pyridine rings is 1. The highest BCUT2D eigenvalue weighted by Gasteiger charge is 2.10. The summed E-state index contributed by atoms with van der Waals surface area (Å²) in [6.45, 7) is -0.0825. The normalized spacial score (nSPS) is 11.4. The number of rotatable bonds is 4. The Balaban J connectivity index is 2.10. The first-order chi connectivity index (χ1) is 11.2. The van der Waals surface area contributed by atoms with Crippen LogP contribution in [0.25, 0.3) is 22.6 Å². The van der Waals surface area contributed by atoms with Gasteiger partial charge in [0.1, 0.15) is 5.75 Å². The van der Waals surface area contributed by atoms with Gasteiger partial charge in [-0.25, -0.2) is 0 Å². The largest absolute Gasteiger partial charge is 0.497 e. The van der Waals surface area contributed by atoms with Crippen LogP contribution in [0.3, 0.4) is 0 Å². The van der Waals surface area contributed by atoms with E-state index in [1.54, 1.807) is 31.6 Å². The highest BCUT2D eigenvalue weighted by Crippen LogP contribution is 2.29. The quantitative estimate of drug-likeness (QED) is 0.726. The summed E-state index contributed by atoms with van der Waals surface area (Å²) >= 11 is 0. The fraction of sp³-hybridized carbons (Fsp3) is 0.111. The van der Waals surface area contributed by atoms with Crippen LogP contribution in [0.15, 0.2) is 42.9 Å². The van der Waals surface area contributed by atoms with Crippen LogP contribution in [0.4, 0.5) is 0 Å². The molecule has 3 aromatic rings. The summed E-state index contributed by atoms with van der Waals surface area (Å²) < 4.78 is 5.25. The molecule has 5 heteroatoms. The molecule has 2 heterocycles. The summed E-state index contributed by atoms with van der Waals surface area (Å²) in [5.41, 5.74) is 3.73. The Hall–Kier alpha value is -3.10. The molecule has 0 spiro atoms. The Labute approximate surface area is 133 Å². The van der Waals surface area contributed by atoms with Crippen LogP contribution in [-0.4, -0.2) is 22.2 Å². The third kappa shape index (κ3) is 2.93. The first-order valence-electron chi connectivity index (χ1n) is 7.07. The average Bonchev–Trinajstić information content (AvgIpc) is 3.02. The molecule has 0 aliphatic rings. The third-order valence-corrected chi connectivity index (χ3v) is 3.61. The Bertz CT molecular complexity index is 919. The van der Waals surface area contributed by atoms with E-state index in [-0.39, 0.29) is 6.61 Å². The number of methoxy groups -OCH3 is 1. The van der Waals surface area contributed by atoms with Gasteiger partial charge >= 0.3 is 0 Å². The van der Waals surface area contributed by atoms with Crippen LogP contribution in [0.1, 0.15) is 16.7 Å². The molecular formula is C18H15N3O2. The van der Waals surface area contributed by atoms with E-state index < -0.39 is 0 Å². The van der Waals surface area contributed by atoms with Gasteiger partial charge in [0, 0.05) is 35.1 Å². The number of nitrogens with one attached hydrogen (secondary N) is 1. The molecule has 0 aliphatic carbocycles. The zero-order chi connectivity index (χ0) is 16.2. The van der Waals surface area contributed by atoms with Gasteiger partial charge < -0.3 is 14.8 Å². The second-order valence-corrected chi connectivity index (χ2v) is 5.07. The second-order valence-electron chi connectivity index (χ2n) is 5.07. The van der Waals surface area contributed by atoms with Crippen molar-refractivity contribution >= 4 is 22.6 Å². The monoisotopic (exact) mass is 305 g/mol. The molecule has 0 atom stereocenters. The standard InChI is InChI=1S/C18H15N3O2/c1-23-15-2-3-18-16(6-15)17(10-21-18)14(7-19)5-12-4-13(11-22)9-20-8-12/h2-6,8-10,21-22H,11H2,1H3/b14-5+. The van der Waals surface area contributed by atoms with E-state index in [0.29, 0.717) is 11.1 Å². The van der Waals surface area contributed by atoms with E-state index in [1.165, 1.54) is 0 Å². The minimum atomic E-state index is -0.0825. The number of nitrogens with zero attached hydrogens (tertiary/aromatic N) is 2. The fourth-order valence-electron chi connectivity index (χ4n) is 2.46. The maximum absolute atomic E-state index is 9.54. The number of aliphatic hydroxyl groups is 1. The number of hydrogen-bond donors (Lipinski definition) is 2. The molecule has 0 bridgehead atoms. The molecule has 0 unspecified atom stereocenters. The van der Waals surface area contributed by atoms with Crippen LogP contribution in [0.2, 0.25) is 0 Å². The Morgan fingerprint density at radius 2 is 2.26 bits per heavy atom. The molecule has 1 aromatic carbocycles. The Kier molecular flexibility index (Phi) is 4.09. The van der Waals surface area contributed by atoms with Gasteiger partial charge in [-0.3, -0.25) is 4.98 Å². The van der Waals surface area contributed by atoms with Crippen molar-refractivity contribution in [3.8, 4) is 11.8 Å². The van der Waals surface area contributed by atoms with Crippen molar-refractivity contribution in [2.24, 2.45) is 0 Å².